The van der Waals surface area contributed by atoms with Crippen molar-refractivity contribution in [1.82, 2.24) is 4.98 Å². The number of nitriles is 1. The smallest absolute Gasteiger partial charge is 0.303 e. The van der Waals surface area contributed by atoms with Crippen molar-refractivity contribution in [3.63, 3.8) is 0 Å². The highest BCUT2D eigenvalue weighted by atomic mass is 19.3. The van der Waals surface area contributed by atoms with Crippen molar-refractivity contribution < 1.29 is 18.7 Å². The highest BCUT2D eigenvalue weighted by Crippen LogP contribution is 2.54. The second-order valence-electron chi connectivity index (χ2n) is 7.37. The second kappa shape index (κ2) is 6.38. The molecule has 1 aliphatic carbocycles. The van der Waals surface area contributed by atoms with Crippen molar-refractivity contribution in [3.05, 3.63) is 17.2 Å². The maximum atomic E-state index is 13.6. The minimum atomic E-state index is -2.73. The van der Waals surface area contributed by atoms with Crippen molar-refractivity contribution in [2.24, 2.45) is 17.8 Å². The van der Waals surface area contributed by atoms with Gasteiger partial charge in [-0.2, -0.15) is 5.26 Å². The summed E-state index contributed by atoms with van der Waals surface area (Å²) < 4.78 is 27.1. The van der Waals surface area contributed by atoms with E-state index >= 15 is 0 Å². The first-order valence-corrected chi connectivity index (χ1v) is 8.94. The summed E-state index contributed by atoms with van der Waals surface area (Å²) in [5.41, 5.74) is -0.291. The monoisotopic (exact) mass is 362 g/mol. The van der Waals surface area contributed by atoms with E-state index < -0.39 is 12.4 Å². The van der Waals surface area contributed by atoms with Gasteiger partial charge in [-0.1, -0.05) is 0 Å². The number of carbonyl (C=O) groups is 1. The third-order valence-corrected chi connectivity index (χ3v) is 5.88. The van der Waals surface area contributed by atoms with Crippen LogP contribution >= 0.6 is 0 Å². The van der Waals surface area contributed by atoms with Gasteiger partial charge in [0.2, 0.25) is 0 Å². The molecule has 4 rings (SSSR count). The molecule has 138 valence electrons. The summed E-state index contributed by atoms with van der Waals surface area (Å²) in [6.07, 6.45) is -0.632. The number of alkyl halides is 2. The minimum Gasteiger partial charge on any atom is -0.481 e. The van der Waals surface area contributed by atoms with Crippen LogP contribution in [0, 0.1) is 29.1 Å². The number of nitrogens with zero attached hydrogens (tertiary/aromatic N) is 4. The zero-order valence-electron chi connectivity index (χ0n) is 14.2. The van der Waals surface area contributed by atoms with Gasteiger partial charge in [0.1, 0.15) is 23.3 Å². The fourth-order valence-electron chi connectivity index (χ4n) is 4.48. The summed E-state index contributed by atoms with van der Waals surface area (Å²) in [5.74, 6) is 0.837. The lowest BCUT2D eigenvalue weighted by molar-refractivity contribution is -0.137. The van der Waals surface area contributed by atoms with Crippen molar-refractivity contribution in [1.29, 1.82) is 5.26 Å². The highest BCUT2D eigenvalue weighted by molar-refractivity contribution is 5.68. The Morgan fingerprint density at radius 3 is 2.50 bits per heavy atom. The predicted octanol–water partition coefficient (Wildman–Crippen LogP) is 2.65. The van der Waals surface area contributed by atoms with E-state index in [0.29, 0.717) is 36.6 Å². The molecule has 1 N–H and O–H groups in total. The van der Waals surface area contributed by atoms with Gasteiger partial charge >= 0.3 is 5.97 Å². The third-order valence-electron chi connectivity index (χ3n) is 5.88. The molecule has 2 aliphatic heterocycles. The van der Waals surface area contributed by atoms with Crippen LogP contribution in [-0.4, -0.2) is 42.2 Å². The number of pyridine rings is 1. The number of hydrogen-bond donors (Lipinski definition) is 1. The van der Waals surface area contributed by atoms with Crippen LogP contribution in [0.15, 0.2) is 6.07 Å². The first-order chi connectivity index (χ1) is 12.5. The molecule has 0 bridgehead atoms. The summed E-state index contributed by atoms with van der Waals surface area (Å²) in [5, 5.41) is 18.3. The number of carboxylic acid groups (broad SMARTS) is 1. The average Bonchev–Trinajstić information content (AvgIpc) is 3.07. The van der Waals surface area contributed by atoms with Crippen LogP contribution in [-0.2, 0) is 4.79 Å². The number of anilines is 2. The van der Waals surface area contributed by atoms with E-state index in [1.807, 2.05) is 15.9 Å². The topological polar surface area (TPSA) is 80.5 Å². The quantitative estimate of drug-likeness (QED) is 0.867. The molecule has 3 fully saturated rings. The van der Waals surface area contributed by atoms with Crippen molar-refractivity contribution in [2.45, 2.75) is 25.7 Å². The predicted molar refractivity (Wildman–Crippen MR) is 90.3 cm³/mol. The maximum Gasteiger partial charge on any atom is 0.303 e. The molecule has 0 spiro atoms. The molecule has 2 saturated heterocycles. The molecule has 1 saturated carbocycles. The summed E-state index contributed by atoms with van der Waals surface area (Å²) in [6.45, 7) is 2.73. The number of fused-ring (bicyclic) bond motifs is 1. The lowest BCUT2D eigenvalue weighted by Crippen LogP contribution is -2.28. The van der Waals surface area contributed by atoms with E-state index in [2.05, 4.69) is 4.98 Å². The first-order valence-electron chi connectivity index (χ1n) is 8.94. The van der Waals surface area contributed by atoms with Crippen molar-refractivity contribution in [2.75, 3.05) is 36.0 Å². The van der Waals surface area contributed by atoms with Gasteiger partial charge in [0.15, 0.2) is 0 Å². The third kappa shape index (κ3) is 2.85. The molecule has 0 aromatic carbocycles. The number of piperidine rings is 1. The van der Waals surface area contributed by atoms with Gasteiger partial charge in [0, 0.05) is 38.2 Å². The Morgan fingerprint density at radius 1 is 1.31 bits per heavy atom. The van der Waals surface area contributed by atoms with Crippen LogP contribution in [0.3, 0.4) is 0 Å². The fourth-order valence-corrected chi connectivity index (χ4v) is 4.48. The number of halogens is 2. The van der Waals surface area contributed by atoms with Gasteiger partial charge in [0.05, 0.1) is 0 Å². The summed E-state index contributed by atoms with van der Waals surface area (Å²) in [6, 6.07) is 3.25. The molecule has 6 nitrogen and oxygen atoms in total. The largest absolute Gasteiger partial charge is 0.481 e. The number of hydrogen-bond acceptors (Lipinski definition) is 5. The Balaban J connectivity index is 1.61. The SMILES string of the molecule is N#Cc1c(C(F)F)cc(N2C[C@@H]3[C@@H](CC(=O)O)[C@@H]3C2)nc1N1CCCC1. The zero-order valence-corrected chi connectivity index (χ0v) is 14.2. The fraction of sp³-hybridized carbons (Fsp3) is 0.611. The number of carboxylic acids is 1. The first kappa shape index (κ1) is 17.0. The molecule has 0 amide bonds. The number of rotatable bonds is 5. The highest BCUT2D eigenvalue weighted by Gasteiger charge is 2.56. The van der Waals surface area contributed by atoms with Gasteiger partial charge in [0.25, 0.3) is 6.43 Å². The van der Waals surface area contributed by atoms with E-state index in [4.69, 9.17) is 5.11 Å². The van der Waals surface area contributed by atoms with Crippen LogP contribution in [0.5, 0.6) is 0 Å². The zero-order chi connectivity index (χ0) is 18.4. The number of aromatic nitrogens is 1. The Bertz CT molecular complexity index is 761. The van der Waals surface area contributed by atoms with E-state index in [9.17, 15) is 18.8 Å². The molecule has 3 heterocycles. The lowest BCUT2D eigenvalue weighted by atomic mass is 10.1. The van der Waals surface area contributed by atoms with Gasteiger partial charge < -0.3 is 14.9 Å². The lowest BCUT2D eigenvalue weighted by Gasteiger charge is -2.25. The van der Waals surface area contributed by atoms with E-state index in [-0.39, 0.29) is 23.5 Å². The Hall–Kier alpha value is -2.43. The van der Waals surface area contributed by atoms with Crippen LogP contribution in [0.4, 0.5) is 20.4 Å². The molecular weight excluding hydrogens is 342 g/mol. The summed E-state index contributed by atoms with van der Waals surface area (Å²) in [4.78, 5) is 19.3. The molecular formula is C18H20F2N4O2. The normalized spacial score (nSPS) is 26.9. The molecule has 1 aromatic rings. The summed E-state index contributed by atoms with van der Waals surface area (Å²) in [7, 11) is 0. The molecule has 8 heteroatoms. The Kier molecular flexibility index (Phi) is 4.17. The molecule has 3 atom stereocenters. The molecule has 1 aromatic heterocycles. The van der Waals surface area contributed by atoms with Crippen LogP contribution in [0.25, 0.3) is 0 Å². The molecule has 0 unspecified atom stereocenters. The van der Waals surface area contributed by atoms with E-state index in [1.54, 1.807) is 0 Å². The van der Waals surface area contributed by atoms with Gasteiger partial charge in [-0.3, -0.25) is 4.79 Å². The van der Waals surface area contributed by atoms with Gasteiger partial charge in [-0.25, -0.2) is 13.8 Å². The molecule has 0 radical (unpaired) electrons. The van der Waals surface area contributed by atoms with Gasteiger partial charge in [-0.05, 0) is 36.7 Å². The standard InChI is InChI=1S/C18H20F2N4O2/c19-17(20)11-5-15(22-18(12(11)7-21)23-3-1-2-4-23)24-8-13-10(6-16(25)26)14(13)9-24/h5,10,13-14,17H,1-4,6,8-9H2,(H,25,26)/t10-,13-,14+. The average molecular weight is 362 g/mol. The van der Waals surface area contributed by atoms with E-state index in [1.165, 1.54) is 6.07 Å². The Morgan fingerprint density at radius 2 is 1.96 bits per heavy atom. The molecule has 26 heavy (non-hydrogen) atoms. The van der Waals surface area contributed by atoms with Gasteiger partial charge in [-0.15, -0.1) is 0 Å². The minimum absolute atomic E-state index is 0.0289. The van der Waals surface area contributed by atoms with Crippen LogP contribution in [0.1, 0.15) is 36.8 Å². The van der Waals surface area contributed by atoms with Crippen molar-refractivity contribution in [3.8, 4) is 6.07 Å². The number of aliphatic carboxylic acids is 1. The molecule has 3 aliphatic rings. The van der Waals surface area contributed by atoms with Crippen molar-refractivity contribution >= 4 is 17.6 Å². The maximum absolute atomic E-state index is 13.6. The van der Waals surface area contributed by atoms with E-state index in [0.717, 1.165) is 25.9 Å². The second-order valence-corrected chi connectivity index (χ2v) is 7.37. The van der Waals surface area contributed by atoms with Crippen LogP contribution in [0.2, 0.25) is 0 Å². The Labute approximate surface area is 150 Å². The summed E-state index contributed by atoms with van der Waals surface area (Å²) >= 11 is 0. The van der Waals surface area contributed by atoms with Crippen LogP contribution < -0.4 is 9.80 Å².